The Morgan fingerprint density at radius 2 is 1.86 bits per heavy atom. The number of nitrogens with zero attached hydrogens (tertiary/aromatic N) is 1. The summed E-state index contributed by atoms with van der Waals surface area (Å²) >= 11 is 0. The third kappa shape index (κ3) is 1.59. The Morgan fingerprint density at radius 1 is 1.21 bits per heavy atom. The lowest BCUT2D eigenvalue weighted by Crippen LogP contribution is -2.59. The molecule has 0 aromatic heterocycles. The van der Waals surface area contributed by atoms with Crippen molar-refractivity contribution >= 4 is 0 Å². The van der Waals surface area contributed by atoms with Crippen molar-refractivity contribution in [2.45, 2.75) is 26.2 Å². The van der Waals surface area contributed by atoms with Crippen LogP contribution in [0.25, 0.3) is 0 Å². The van der Waals surface area contributed by atoms with Gasteiger partial charge in [-0.2, -0.15) is 0 Å². The Morgan fingerprint density at radius 3 is 2.29 bits per heavy atom. The lowest BCUT2D eigenvalue weighted by atomic mass is 9.63. The molecule has 2 aliphatic rings. The van der Waals surface area contributed by atoms with Crippen molar-refractivity contribution in [1.29, 1.82) is 0 Å². The molecule has 2 fully saturated rings. The van der Waals surface area contributed by atoms with Gasteiger partial charge in [-0.15, -0.1) is 0 Å². The van der Waals surface area contributed by atoms with Crippen molar-refractivity contribution in [3.05, 3.63) is 23.7 Å². The van der Waals surface area contributed by atoms with Crippen LogP contribution in [-0.2, 0) is 0 Å². The first-order valence-electron chi connectivity index (χ1n) is 5.26. The predicted octanol–water partition coefficient (Wildman–Crippen LogP) is 1.13. The van der Waals surface area contributed by atoms with Crippen LogP contribution in [0.5, 0.6) is 0 Å². The molecular weight excluding hydrogens is 174 g/mol. The molecule has 0 amide bonds. The molecule has 1 aliphatic carbocycles. The van der Waals surface area contributed by atoms with Crippen LogP contribution >= 0.6 is 0 Å². The van der Waals surface area contributed by atoms with E-state index in [0.717, 1.165) is 24.6 Å². The standard InChI is InChI=1S/C11H19N3/c1-9(12)3-4-10(13)14-7-11(8-14)5-2-6-11/h3-4H,2,5-8,12-13H2,1H3/b9-3-,10-4+. The topological polar surface area (TPSA) is 55.3 Å². The number of hydrogen-bond donors (Lipinski definition) is 2. The van der Waals surface area contributed by atoms with Crippen LogP contribution in [0.2, 0.25) is 0 Å². The summed E-state index contributed by atoms with van der Waals surface area (Å²) in [7, 11) is 0. The van der Waals surface area contributed by atoms with E-state index in [1.165, 1.54) is 19.3 Å². The number of rotatable bonds is 2. The zero-order valence-electron chi connectivity index (χ0n) is 8.79. The van der Waals surface area contributed by atoms with Crippen LogP contribution in [-0.4, -0.2) is 18.0 Å². The Hall–Kier alpha value is -1.12. The average Bonchev–Trinajstić information content (AvgIpc) is 1.95. The van der Waals surface area contributed by atoms with E-state index in [0.29, 0.717) is 5.41 Å². The minimum Gasteiger partial charge on any atom is -0.402 e. The zero-order valence-corrected chi connectivity index (χ0v) is 8.79. The van der Waals surface area contributed by atoms with Crippen molar-refractivity contribution in [3.63, 3.8) is 0 Å². The van der Waals surface area contributed by atoms with Crippen LogP contribution in [0.1, 0.15) is 26.2 Å². The summed E-state index contributed by atoms with van der Waals surface area (Å²) in [5, 5.41) is 0. The summed E-state index contributed by atoms with van der Waals surface area (Å²) in [4.78, 5) is 2.23. The van der Waals surface area contributed by atoms with Crippen LogP contribution in [0.3, 0.4) is 0 Å². The molecule has 4 N–H and O–H groups in total. The fraction of sp³-hybridized carbons (Fsp3) is 0.636. The highest BCUT2D eigenvalue weighted by Gasteiger charge is 2.47. The van der Waals surface area contributed by atoms with Gasteiger partial charge in [-0.25, -0.2) is 0 Å². The van der Waals surface area contributed by atoms with E-state index in [1.807, 2.05) is 19.1 Å². The van der Waals surface area contributed by atoms with E-state index >= 15 is 0 Å². The Balaban J connectivity index is 1.86. The minimum absolute atomic E-state index is 0.639. The number of hydrogen-bond acceptors (Lipinski definition) is 3. The predicted molar refractivity (Wildman–Crippen MR) is 58.1 cm³/mol. The Bertz CT molecular complexity index is 275. The normalized spacial score (nSPS) is 25.9. The highest BCUT2D eigenvalue weighted by Crippen LogP contribution is 2.48. The molecule has 3 heteroatoms. The summed E-state index contributed by atoms with van der Waals surface area (Å²) < 4.78 is 0. The van der Waals surface area contributed by atoms with Gasteiger partial charge in [0.05, 0.1) is 5.82 Å². The molecule has 0 aromatic carbocycles. The second-order valence-corrected chi connectivity index (χ2v) is 4.71. The zero-order chi connectivity index (χ0) is 10.2. The van der Waals surface area contributed by atoms with E-state index in [9.17, 15) is 0 Å². The largest absolute Gasteiger partial charge is 0.402 e. The van der Waals surface area contributed by atoms with Gasteiger partial charge in [0.2, 0.25) is 0 Å². The smallest absolute Gasteiger partial charge is 0.0987 e. The highest BCUT2D eigenvalue weighted by molar-refractivity contribution is 5.16. The summed E-state index contributed by atoms with van der Waals surface area (Å²) in [5.41, 5.74) is 12.9. The fourth-order valence-electron chi connectivity index (χ4n) is 2.26. The lowest BCUT2D eigenvalue weighted by molar-refractivity contribution is -0.0393. The second kappa shape index (κ2) is 3.23. The maximum Gasteiger partial charge on any atom is 0.0987 e. The molecule has 0 bridgehead atoms. The third-order valence-corrected chi connectivity index (χ3v) is 3.35. The molecule has 1 saturated carbocycles. The van der Waals surface area contributed by atoms with Gasteiger partial charge < -0.3 is 16.4 Å². The molecule has 14 heavy (non-hydrogen) atoms. The van der Waals surface area contributed by atoms with E-state index < -0.39 is 0 Å². The first-order valence-corrected chi connectivity index (χ1v) is 5.26. The number of nitrogens with two attached hydrogens (primary N) is 2. The summed E-state index contributed by atoms with van der Waals surface area (Å²) in [6, 6.07) is 0. The molecule has 2 rings (SSSR count). The van der Waals surface area contributed by atoms with Gasteiger partial charge in [0, 0.05) is 24.2 Å². The maximum absolute atomic E-state index is 5.91. The van der Waals surface area contributed by atoms with Crippen molar-refractivity contribution in [3.8, 4) is 0 Å². The molecule has 78 valence electrons. The van der Waals surface area contributed by atoms with Gasteiger partial charge in [-0.1, -0.05) is 6.42 Å². The van der Waals surface area contributed by atoms with E-state index in [4.69, 9.17) is 11.5 Å². The molecule has 1 heterocycles. The van der Waals surface area contributed by atoms with Crippen molar-refractivity contribution in [1.82, 2.24) is 4.90 Å². The van der Waals surface area contributed by atoms with Gasteiger partial charge in [0.1, 0.15) is 0 Å². The van der Waals surface area contributed by atoms with Gasteiger partial charge in [0.15, 0.2) is 0 Å². The van der Waals surface area contributed by atoms with E-state index in [1.54, 1.807) is 0 Å². The molecule has 1 spiro atoms. The highest BCUT2D eigenvalue weighted by atomic mass is 15.3. The van der Waals surface area contributed by atoms with E-state index in [2.05, 4.69) is 4.90 Å². The van der Waals surface area contributed by atoms with Crippen molar-refractivity contribution in [2.24, 2.45) is 16.9 Å². The summed E-state index contributed by atoms with van der Waals surface area (Å²) in [5.74, 6) is 0.854. The number of allylic oxidation sites excluding steroid dienone is 3. The minimum atomic E-state index is 0.639. The van der Waals surface area contributed by atoms with Crippen LogP contribution < -0.4 is 11.5 Å². The van der Waals surface area contributed by atoms with Gasteiger partial charge in [-0.05, 0) is 31.9 Å². The van der Waals surface area contributed by atoms with Crippen molar-refractivity contribution in [2.75, 3.05) is 13.1 Å². The molecule has 1 saturated heterocycles. The first kappa shape index (κ1) is 9.44. The quantitative estimate of drug-likeness (QED) is 0.646. The molecule has 0 unspecified atom stereocenters. The second-order valence-electron chi connectivity index (χ2n) is 4.71. The van der Waals surface area contributed by atoms with Crippen LogP contribution in [0.4, 0.5) is 0 Å². The first-order chi connectivity index (χ1) is 6.61. The monoisotopic (exact) mass is 193 g/mol. The van der Waals surface area contributed by atoms with Crippen molar-refractivity contribution < 1.29 is 0 Å². The van der Waals surface area contributed by atoms with Gasteiger partial charge >= 0.3 is 0 Å². The Labute approximate surface area is 85.4 Å². The summed E-state index contributed by atoms with van der Waals surface area (Å²) in [6.07, 6.45) is 7.95. The molecule has 0 radical (unpaired) electrons. The maximum atomic E-state index is 5.91. The molecule has 0 aromatic rings. The molecular formula is C11H19N3. The van der Waals surface area contributed by atoms with E-state index in [-0.39, 0.29) is 0 Å². The molecule has 1 aliphatic heterocycles. The summed E-state index contributed by atoms with van der Waals surface area (Å²) in [6.45, 7) is 4.16. The third-order valence-electron chi connectivity index (χ3n) is 3.35. The number of likely N-dealkylation sites (tertiary alicyclic amines) is 1. The van der Waals surface area contributed by atoms with Gasteiger partial charge in [-0.3, -0.25) is 0 Å². The molecule has 3 nitrogen and oxygen atoms in total. The lowest BCUT2D eigenvalue weighted by Gasteiger charge is -2.56. The average molecular weight is 193 g/mol. The Kier molecular flexibility index (Phi) is 2.17. The SMILES string of the molecule is C/C(N)=C/C=C(\N)N1CC2(CCC2)C1. The van der Waals surface area contributed by atoms with Gasteiger partial charge in [0.25, 0.3) is 0 Å². The fourth-order valence-corrected chi connectivity index (χ4v) is 2.26. The van der Waals surface area contributed by atoms with Crippen LogP contribution in [0.15, 0.2) is 23.7 Å². The molecule has 0 atom stereocenters. The van der Waals surface area contributed by atoms with Crippen LogP contribution in [0, 0.1) is 5.41 Å².